The minimum absolute atomic E-state index is 0.0562. The maximum atomic E-state index is 11.9. The van der Waals surface area contributed by atoms with Crippen molar-refractivity contribution in [1.29, 1.82) is 0 Å². The maximum Gasteiger partial charge on any atom is 0.407 e. The summed E-state index contributed by atoms with van der Waals surface area (Å²) in [5, 5.41) is 11.0. The predicted molar refractivity (Wildman–Crippen MR) is 152 cm³/mol. The molecule has 2 aromatic rings. The van der Waals surface area contributed by atoms with Crippen molar-refractivity contribution >= 4 is 24.0 Å². The van der Waals surface area contributed by atoms with Crippen molar-refractivity contribution in [3.63, 3.8) is 0 Å². The second-order valence-electron chi connectivity index (χ2n) is 9.30. The molecule has 0 spiro atoms. The van der Waals surface area contributed by atoms with Crippen molar-refractivity contribution in [2.24, 2.45) is 0 Å². The van der Waals surface area contributed by atoms with E-state index in [1.165, 1.54) is 0 Å². The van der Waals surface area contributed by atoms with Crippen molar-refractivity contribution in [1.82, 2.24) is 21.3 Å². The normalized spacial score (nSPS) is 10.3. The molecule has 0 saturated heterocycles. The Balaban J connectivity index is 1.33. The molecule has 0 unspecified atom stereocenters. The number of carbonyl (C=O) groups excluding carboxylic acids is 4. The number of ether oxygens (including phenoxy) is 2. The van der Waals surface area contributed by atoms with Crippen molar-refractivity contribution in [2.45, 2.75) is 64.6 Å². The summed E-state index contributed by atoms with van der Waals surface area (Å²) < 4.78 is 10.3. The largest absolute Gasteiger partial charge is 0.445 e. The van der Waals surface area contributed by atoms with E-state index < -0.39 is 12.2 Å². The number of alkyl carbamates (subject to hydrolysis) is 2. The number of benzene rings is 2. The summed E-state index contributed by atoms with van der Waals surface area (Å²) in [7, 11) is 0. The highest BCUT2D eigenvalue weighted by Crippen LogP contribution is 2.03. The van der Waals surface area contributed by atoms with E-state index in [9.17, 15) is 19.2 Å². The van der Waals surface area contributed by atoms with Crippen molar-refractivity contribution < 1.29 is 28.7 Å². The van der Waals surface area contributed by atoms with Crippen LogP contribution in [0.15, 0.2) is 60.7 Å². The number of hydrogen-bond acceptors (Lipinski definition) is 6. The second kappa shape index (κ2) is 20.8. The third-order valence-corrected chi connectivity index (χ3v) is 5.89. The first kappa shape index (κ1) is 32.1. The molecule has 10 heteroatoms. The molecule has 40 heavy (non-hydrogen) atoms. The van der Waals surface area contributed by atoms with Gasteiger partial charge in [-0.05, 0) is 36.8 Å². The van der Waals surface area contributed by atoms with Gasteiger partial charge >= 0.3 is 12.2 Å². The molecule has 218 valence electrons. The highest BCUT2D eigenvalue weighted by molar-refractivity contribution is 5.77. The van der Waals surface area contributed by atoms with Gasteiger partial charge < -0.3 is 30.7 Å². The maximum absolute atomic E-state index is 11.9. The van der Waals surface area contributed by atoms with Gasteiger partial charge in [-0.25, -0.2) is 9.59 Å². The average Bonchev–Trinajstić information content (AvgIpc) is 2.97. The van der Waals surface area contributed by atoms with Gasteiger partial charge in [0.15, 0.2) is 0 Å². The van der Waals surface area contributed by atoms with E-state index in [0.29, 0.717) is 39.0 Å². The van der Waals surface area contributed by atoms with Crippen LogP contribution < -0.4 is 21.3 Å². The molecule has 0 aliphatic heterocycles. The molecule has 0 aromatic heterocycles. The first-order chi connectivity index (χ1) is 19.5. The van der Waals surface area contributed by atoms with E-state index in [1.807, 2.05) is 60.7 Å². The van der Waals surface area contributed by atoms with Crippen LogP contribution in [0.4, 0.5) is 9.59 Å². The molecule has 4 N–H and O–H groups in total. The predicted octanol–water partition coefficient (Wildman–Crippen LogP) is 4.19. The first-order valence-corrected chi connectivity index (χ1v) is 14.0. The zero-order valence-electron chi connectivity index (χ0n) is 23.1. The number of unbranched alkanes of at least 4 members (excludes halogenated alkanes) is 4. The Morgan fingerprint density at radius 2 is 0.875 bits per heavy atom. The van der Waals surface area contributed by atoms with Crippen molar-refractivity contribution in [3.05, 3.63) is 71.8 Å². The van der Waals surface area contributed by atoms with Crippen LogP contribution in [0.3, 0.4) is 0 Å². The summed E-state index contributed by atoms with van der Waals surface area (Å²) in [6, 6.07) is 19.0. The van der Waals surface area contributed by atoms with Gasteiger partial charge in [-0.3, -0.25) is 9.59 Å². The third-order valence-electron chi connectivity index (χ3n) is 5.89. The number of carbonyl (C=O) groups is 4. The highest BCUT2D eigenvalue weighted by atomic mass is 16.6. The van der Waals surface area contributed by atoms with Gasteiger partial charge in [-0.2, -0.15) is 0 Å². The van der Waals surface area contributed by atoms with Crippen LogP contribution >= 0.6 is 0 Å². The molecule has 10 nitrogen and oxygen atoms in total. The lowest BCUT2D eigenvalue weighted by atomic mass is 10.2. The fraction of sp³-hybridized carbons (Fsp3) is 0.467. The van der Waals surface area contributed by atoms with Crippen LogP contribution in [-0.2, 0) is 32.3 Å². The zero-order valence-corrected chi connectivity index (χ0v) is 23.1. The Morgan fingerprint density at radius 3 is 1.27 bits per heavy atom. The Hall–Kier alpha value is -4.08. The lowest BCUT2D eigenvalue weighted by Crippen LogP contribution is -2.34. The monoisotopic (exact) mass is 554 g/mol. The number of nitrogens with one attached hydrogen (secondary N) is 4. The van der Waals surface area contributed by atoms with Crippen LogP contribution in [0.1, 0.15) is 62.5 Å². The Bertz CT molecular complexity index is 922. The molecule has 0 aliphatic carbocycles. The summed E-state index contributed by atoms with van der Waals surface area (Å²) in [5.74, 6) is -0.112. The zero-order chi connectivity index (χ0) is 28.7. The van der Waals surface area contributed by atoms with E-state index in [-0.39, 0.29) is 25.0 Å². The number of amides is 4. The minimum Gasteiger partial charge on any atom is -0.445 e. The van der Waals surface area contributed by atoms with E-state index in [4.69, 9.17) is 9.47 Å². The molecule has 0 saturated carbocycles. The van der Waals surface area contributed by atoms with Gasteiger partial charge in [0.05, 0.1) is 0 Å². The van der Waals surface area contributed by atoms with Crippen LogP contribution in [0.5, 0.6) is 0 Å². The molecule has 2 aromatic carbocycles. The van der Waals surface area contributed by atoms with E-state index >= 15 is 0 Å². The van der Waals surface area contributed by atoms with Gasteiger partial charge in [0.25, 0.3) is 0 Å². The molecule has 2 rings (SSSR count). The standard InChI is InChI=1S/C30H42N4O6/c35-27(17-9-3-11-19-33-29(37)39-23-25-13-5-1-6-14-25)31-21-22-32-28(36)18-10-4-12-20-34-30(38)40-24-26-15-7-2-8-16-26/h1-2,5-8,13-16H,3-4,9-12,17-24H2,(H,31,35)(H,32,36)(H,33,37)(H,34,38). The Kier molecular flexibility index (Phi) is 16.7. The van der Waals surface area contributed by atoms with Gasteiger partial charge in [-0.1, -0.05) is 73.5 Å². The fourth-order valence-corrected chi connectivity index (χ4v) is 3.68. The van der Waals surface area contributed by atoms with Crippen LogP contribution in [0.2, 0.25) is 0 Å². The van der Waals surface area contributed by atoms with Gasteiger partial charge in [0.2, 0.25) is 11.8 Å². The fourth-order valence-electron chi connectivity index (χ4n) is 3.68. The Morgan fingerprint density at radius 1 is 0.475 bits per heavy atom. The average molecular weight is 555 g/mol. The molecule has 0 aliphatic rings. The molecule has 4 amide bonds. The molecule has 0 atom stereocenters. The summed E-state index contributed by atoms with van der Waals surface area (Å²) >= 11 is 0. The van der Waals surface area contributed by atoms with Crippen molar-refractivity contribution in [3.8, 4) is 0 Å². The lowest BCUT2D eigenvalue weighted by Gasteiger charge is -2.08. The summed E-state index contributed by atoms with van der Waals surface area (Å²) in [6.45, 7) is 2.24. The molecule has 0 bridgehead atoms. The molecular formula is C30H42N4O6. The number of hydrogen-bond donors (Lipinski definition) is 4. The van der Waals surface area contributed by atoms with E-state index in [1.54, 1.807) is 0 Å². The minimum atomic E-state index is -0.447. The summed E-state index contributed by atoms with van der Waals surface area (Å²) in [6.07, 6.45) is 4.50. The second-order valence-corrected chi connectivity index (χ2v) is 9.30. The lowest BCUT2D eigenvalue weighted by molar-refractivity contribution is -0.123. The smallest absolute Gasteiger partial charge is 0.407 e. The molecule has 0 fully saturated rings. The first-order valence-electron chi connectivity index (χ1n) is 14.0. The molecular weight excluding hydrogens is 512 g/mol. The third kappa shape index (κ3) is 16.7. The van der Waals surface area contributed by atoms with E-state index in [0.717, 1.165) is 49.7 Å². The van der Waals surface area contributed by atoms with Gasteiger partial charge in [0.1, 0.15) is 13.2 Å². The topological polar surface area (TPSA) is 135 Å². The summed E-state index contributed by atoms with van der Waals surface area (Å²) in [5.41, 5.74) is 1.87. The quantitative estimate of drug-likeness (QED) is 0.192. The Labute approximate surface area is 236 Å². The van der Waals surface area contributed by atoms with Gasteiger partial charge in [-0.15, -0.1) is 0 Å². The molecule has 0 heterocycles. The number of rotatable bonds is 19. The molecule has 0 radical (unpaired) electrons. The van der Waals surface area contributed by atoms with E-state index in [2.05, 4.69) is 21.3 Å². The van der Waals surface area contributed by atoms with Crippen LogP contribution in [-0.4, -0.2) is 50.2 Å². The van der Waals surface area contributed by atoms with Crippen LogP contribution in [0, 0.1) is 0 Å². The van der Waals surface area contributed by atoms with Crippen molar-refractivity contribution in [2.75, 3.05) is 26.2 Å². The highest BCUT2D eigenvalue weighted by Gasteiger charge is 2.05. The summed E-state index contributed by atoms with van der Waals surface area (Å²) in [4.78, 5) is 47.2. The van der Waals surface area contributed by atoms with Crippen LogP contribution in [0.25, 0.3) is 0 Å². The SMILES string of the molecule is O=C(CCCCCNC(=O)OCc1ccccc1)NCCNC(=O)CCCCCNC(=O)OCc1ccccc1. The van der Waals surface area contributed by atoms with Gasteiger partial charge in [0, 0.05) is 39.0 Å².